The molecule has 4 unspecified atom stereocenters. The summed E-state index contributed by atoms with van der Waals surface area (Å²) in [7, 11) is 0. The number of rotatable bonds is 6. The van der Waals surface area contributed by atoms with E-state index in [1.54, 1.807) is 0 Å². The summed E-state index contributed by atoms with van der Waals surface area (Å²) in [5.41, 5.74) is 6.38. The van der Waals surface area contributed by atoms with Crippen molar-refractivity contribution in [3.8, 4) is 0 Å². The predicted molar refractivity (Wildman–Crippen MR) is 81.0 cm³/mol. The van der Waals surface area contributed by atoms with Crippen molar-refractivity contribution in [3.05, 3.63) is 0 Å². The molecule has 2 rings (SSSR count). The van der Waals surface area contributed by atoms with Crippen molar-refractivity contribution in [1.29, 1.82) is 0 Å². The van der Waals surface area contributed by atoms with E-state index >= 15 is 0 Å². The zero-order valence-corrected chi connectivity index (χ0v) is 13.4. The molecule has 0 radical (unpaired) electrons. The fourth-order valence-corrected chi connectivity index (χ4v) is 3.47. The maximum atomic E-state index is 5.90. The standard InChI is InChI=1S/C16H32N2O2/c1-4-19-16-11-13(3)12(2)10-15(16)17-18-20-14-8-6-5-7-9-14/h12-18H,4-11H2,1-3H3. The first-order chi connectivity index (χ1) is 9.70. The molecule has 4 heteroatoms. The third-order valence-corrected chi connectivity index (χ3v) is 5.05. The lowest BCUT2D eigenvalue weighted by molar-refractivity contribution is -0.0930. The molecule has 0 amide bonds. The molecule has 2 aliphatic carbocycles. The second-order valence-electron chi connectivity index (χ2n) is 6.65. The molecule has 2 fully saturated rings. The van der Waals surface area contributed by atoms with Gasteiger partial charge in [-0.05, 0) is 44.4 Å². The number of hydrazine groups is 1. The SMILES string of the molecule is CCOC1CC(C)C(C)CC1NNOC1CCCCC1. The molecular formula is C16H32N2O2. The van der Waals surface area contributed by atoms with Gasteiger partial charge < -0.3 is 4.74 Å². The van der Waals surface area contributed by atoms with E-state index < -0.39 is 0 Å². The topological polar surface area (TPSA) is 42.5 Å². The van der Waals surface area contributed by atoms with Crippen LogP contribution in [0.25, 0.3) is 0 Å². The lowest BCUT2D eigenvalue weighted by Gasteiger charge is -2.39. The van der Waals surface area contributed by atoms with E-state index in [-0.39, 0.29) is 0 Å². The van der Waals surface area contributed by atoms with Crippen molar-refractivity contribution < 1.29 is 9.57 Å². The van der Waals surface area contributed by atoms with Crippen LogP contribution in [0.3, 0.4) is 0 Å². The molecule has 0 aliphatic heterocycles. The lowest BCUT2D eigenvalue weighted by Crippen LogP contribution is -2.53. The summed E-state index contributed by atoms with van der Waals surface area (Å²) >= 11 is 0. The van der Waals surface area contributed by atoms with E-state index in [1.807, 2.05) is 0 Å². The molecule has 20 heavy (non-hydrogen) atoms. The van der Waals surface area contributed by atoms with Crippen LogP contribution < -0.4 is 11.0 Å². The first kappa shape index (κ1) is 16.2. The van der Waals surface area contributed by atoms with E-state index in [4.69, 9.17) is 9.57 Å². The quantitative estimate of drug-likeness (QED) is 0.735. The van der Waals surface area contributed by atoms with Gasteiger partial charge in [0.2, 0.25) is 0 Å². The van der Waals surface area contributed by atoms with Crippen molar-refractivity contribution >= 4 is 0 Å². The van der Waals surface area contributed by atoms with Gasteiger partial charge >= 0.3 is 0 Å². The summed E-state index contributed by atoms with van der Waals surface area (Å²) in [6, 6.07) is 0.352. The molecule has 0 bridgehead atoms. The molecule has 0 aromatic heterocycles. The number of ether oxygens (including phenoxy) is 1. The Balaban J connectivity index is 1.73. The van der Waals surface area contributed by atoms with Gasteiger partial charge in [-0.3, -0.25) is 4.84 Å². The second kappa shape index (κ2) is 8.32. The van der Waals surface area contributed by atoms with Crippen molar-refractivity contribution in [2.45, 2.75) is 84.0 Å². The van der Waals surface area contributed by atoms with Gasteiger partial charge in [0.15, 0.2) is 0 Å². The fourth-order valence-electron chi connectivity index (χ4n) is 3.47. The van der Waals surface area contributed by atoms with Crippen molar-refractivity contribution in [3.63, 3.8) is 0 Å². The lowest BCUT2D eigenvalue weighted by atomic mass is 9.77. The summed E-state index contributed by atoms with van der Waals surface area (Å²) in [4.78, 5) is 5.76. The molecule has 2 N–H and O–H groups in total. The number of hydrogen-bond acceptors (Lipinski definition) is 4. The average Bonchev–Trinajstić information content (AvgIpc) is 2.45. The zero-order chi connectivity index (χ0) is 14.4. The summed E-state index contributed by atoms with van der Waals surface area (Å²) in [5.74, 6) is 1.48. The van der Waals surface area contributed by atoms with E-state index in [0.29, 0.717) is 18.2 Å². The molecule has 0 spiro atoms. The zero-order valence-electron chi connectivity index (χ0n) is 13.4. The Kier molecular flexibility index (Phi) is 6.75. The highest BCUT2D eigenvalue weighted by atomic mass is 16.7. The highest BCUT2D eigenvalue weighted by Gasteiger charge is 2.33. The summed E-state index contributed by atoms with van der Waals surface area (Å²) in [5, 5.41) is 0. The van der Waals surface area contributed by atoms with E-state index in [9.17, 15) is 0 Å². The minimum Gasteiger partial charge on any atom is -0.377 e. The molecule has 0 aromatic carbocycles. The van der Waals surface area contributed by atoms with Gasteiger partial charge in [-0.25, -0.2) is 5.43 Å². The van der Waals surface area contributed by atoms with Crippen LogP contribution in [0.2, 0.25) is 0 Å². The minimum atomic E-state index is 0.300. The Hall–Kier alpha value is -0.160. The summed E-state index contributed by atoms with van der Waals surface area (Å²) < 4.78 is 5.90. The van der Waals surface area contributed by atoms with Crippen LogP contribution in [0, 0.1) is 11.8 Å². The molecular weight excluding hydrogens is 252 g/mol. The van der Waals surface area contributed by atoms with Crippen LogP contribution >= 0.6 is 0 Å². The van der Waals surface area contributed by atoms with Crippen molar-refractivity contribution in [2.24, 2.45) is 11.8 Å². The Bertz CT molecular complexity index is 269. The van der Waals surface area contributed by atoms with Gasteiger partial charge in [0.1, 0.15) is 0 Å². The molecule has 118 valence electrons. The molecule has 0 aromatic rings. The van der Waals surface area contributed by atoms with Gasteiger partial charge in [0, 0.05) is 12.6 Å². The minimum absolute atomic E-state index is 0.300. The number of hydrogen-bond donors (Lipinski definition) is 2. The fraction of sp³-hybridized carbons (Fsp3) is 1.00. The van der Waals surface area contributed by atoms with E-state index in [0.717, 1.165) is 31.3 Å². The Morgan fingerprint density at radius 1 is 1.00 bits per heavy atom. The Labute approximate surface area is 123 Å². The third-order valence-electron chi connectivity index (χ3n) is 5.05. The van der Waals surface area contributed by atoms with Gasteiger partial charge in [-0.1, -0.05) is 33.1 Å². The van der Waals surface area contributed by atoms with E-state index in [2.05, 4.69) is 31.8 Å². The predicted octanol–water partition coefficient (Wildman–Crippen LogP) is 3.18. The Morgan fingerprint density at radius 3 is 2.40 bits per heavy atom. The maximum absolute atomic E-state index is 5.90. The van der Waals surface area contributed by atoms with Crippen LogP contribution in [0.15, 0.2) is 0 Å². The van der Waals surface area contributed by atoms with Crippen molar-refractivity contribution in [2.75, 3.05) is 6.61 Å². The van der Waals surface area contributed by atoms with Crippen LogP contribution in [0.1, 0.15) is 65.7 Å². The molecule has 4 atom stereocenters. The number of nitrogens with one attached hydrogen (secondary N) is 2. The molecule has 2 saturated carbocycles. The van der Waals surface area contributed by atoms with Gasteiger partial charge in [0.05, 0.1) is 12.2 Å². The smallest absolute Gasteiger partial charge is 0.0806 e. The average molecular weight is 284 g/mol. The van der Waals surface area contributed by atoms with Gasteiger partial charge in [-0.15, -0.1) is 5.59 Å². The van der Waals surface area contributed by atoms with Crippen LogP contribution in [0.4, 0.5) is 0 Å². The highest BCUT2D eigenvalue weighted by Crippen LogP contribution is 2.31. The van der Waals surface area contributed by atoms with Crippen molar-refractivity contribution in [1.82, 2.24) is 11.0 Å². The van der Waals surface area contributed by atoms with Crippen LogP contribution in [-0.4, -0.2) is 24.9 Å². The van der Waals surface area contributed by atoms with Gasteiger partial charge in [0.25, 0.3) is 0 Å². The monoisotopic (exact) mass is 284 g/mol. The molecule has 2 aliphatic rings. The highest BCUT2D eigenvalue weighted by molar-refractivity contribution is 4.86. The van der Waals surface area contributed by atoms with E-state index in [1.165, 1.54) is 32.1 Å². The molecule has 0 heterocycles. The van der Waals surface area contributed by atoms with Crippen LogP contribution in [0.5, 0.6) is 0 Å². The third kappa shape index (κ3) is 4.69. The first-order valence-corrected chi connectivity index (χ1v) is 8.48. The van der Waals surface area contributed by atoms with Crippen LogP contribution in [-0.2, 0) is 9.57 Å². The molecule has 0 saturated heterocycles. The second-order valence-corrected chi connectivity index (χ2v) is 6.65. The summed E-state index contributed by atoms with van der Waals surface area (Å²) in [6.07, 6.45) is 9.28. The van der Waals surface area contributed by atoms with Gasteiger partial charge in [-0.2, -0.15) is 0 Å². The largest absolute Gasteiger partial charge is 0.377 e. The maximum Gasteiger partial charge on any atom is 0.0806 e. The Morgan fingerprint density at radius 2 is 1.70 bits per heavy atom. The first-order valence-electron chi connectivity index (χ1n) is 8.48. The summed E-state index contributed by atoms with van der Waals surface area (Å²) in [6.45, 7) is 7.53. The normalized spacial score (nSPS) is 36.1. The molecule has 4 nitrogen and oxygen atoms in total.